The zero-order chi connectivity index (χ0) is 16.3. The van der Waals surface area contributed by atoms with Gasteiger partial charge in [-0.2, -0.15) is 0 Å². The van der Waals surface area contributed by atoms with Gasteiger partial charge in [0.15, 0.2) is 11.5 Å². The molecule has 0 fully saturated rings. The van der Waals surface area contributed by atoms with Crippen LogP contribution in [0.2, 0.25) is 0 Å². The van der Waals surface area contributed by atoms with Crippen molar-refractivity contribution in [2.45, 2.75) is 0 Å². The molecule has 0 spiro atoms. The number of rotatable bonds is 6. The van der Waals surface area contributed by atoms with Gasteiger partial charge in [0.05, 0.1) is 21.3 Å². The second-order valence-electron chi connectivity index (χ2n) is 4.32. The number of anilines is 2. The molecule has 1 heterocycles. The number of benzene rings is 1. The number of nitrogens with one attached hydrogen (secondary N) is 1. The van der Waals surface area contributed by atoms with E-state index in [9.17, 15) is 10.1 Å². The molecule has 1 N–H and O–H groups in total. The Balaban J connectivity index is 2.46. The molecule has 0 unspecified atom stereocenters. The van der Waals surface area contributed by atoms with Gasteiger partial charge in [-0.15, -0.1) is 0 Å². The summed E-state index contributed by atoms with van der Waals surface area (Å²) in [5.74, 6) is 1.30. The highest BCUT2D eigenvalue weighted by Gasteiger charge is 2.21. The summed E-state index contributed by atoms with van der Waals surface area (Å²) in [5.41, 5.74) is 0.543. The van der Waals surface area contributed by atoms with Gasteiger partial charge in [-0.1, -0.05) is 0 Å². The van der Waals surface area contributed by atoms with Crippen molar-refractivity contribution in [3.8, 4) is 17.2 Å². The molecule has 118 valence electrons. The fraction of sp³-hybridized carbons (Fsp3) is 0.308. The molecule has 0 saturated carbocycles. The number of nitrogens with zero attached hydrogens (tertiary/aromatic N) is 3. The topological polar surface area (TPSA) is 101 Å². The van der Waals surface area contributed by atoms with Gasteiger partial charge < -0.3 is 29.6 Å². The van der Waals surface area contributed by atoms with Gasteiger partial charge in [-0.25, -0.2) is 0 Å². The van der Waals surface area contributed by atoms with Crippen LogP contribution in [-0.4, -0.2) is 35.8 Å². The van der Waals surface area contributed by atoms with Crippen LogP contribution in [0.15, 0.2) is 18.5 Å². The zero-order valence-electron chi connectivity index (χ0n) is 12.6. The Kier molecular flexibility index (Phi) is 4.35. The van der Waals surface area contributed by atoms with Crippen LogP contribution in [0, 0.1) is 10.1 Å². The molecule has 0 radical (unpaired) electrons. The van der Waals surface area contributed by atoms with Crippen molar-refractivity contribution in [1.82, 2.24) is 9.55 Å². The summed E-state index contributed by atoms with van der Waals surface area (Å²) in [4.78, 5) is 14.2. The van der Waals surface area contributed by atoms with Gasteiger partial charge in [0, 0.05) is 24.9 Å². The van der Waals surface area contributed by atoms with E-state index in [1.165, 1.54) is 32.2 Å². The number of methoxy groups -OCH3 is 3. The van der Waals surface area contributed by atoms with Crippen molar-refractivity contribution in [3.05, 3.63) is 28.6 Å². The van der Waals surface area contributed by atoms with Gasteiger partial charge in [0.2, 0.25) is 17.9 Å². The number of hydrogen-bond donors (Lipinski definition) is 1. The Labute approximate surface area is 126 Å². The van der Waals surface area contributed by atoms with Crippen molar-refractivity contribution >= 4 is 17.3 Å². The molecule has 0 aliphatic carbocycles. The molecule has 0 aliphatic rings. The smallest absolute Gasteiger partial charge is 0.406 e. The molecule has 0 aliphatic heterocycles. The van der Waals surface area contributed by atoms with Crippen LogP contribution < -0.4 is 19.5 Å². The minimum Gasteiger partial charge on any atom is -0.493 e. The largest absolute Gasteiger partial charge is 0.493 e. The molecule has 0 amide bonds. The lowest BCUT2D eigenvalue weighted by Crippen LogP contribution is -2.02. The maximum absolute atomic E-state index is 11.0. The number of nitro groups is 1. The fourth-order valence-corrected chi connectivity index (χ4v) is 1.99. The second-order valence-corrected chi connectivity index (χ2v) is 4.32. The number of aromatic nitrogens is 2. The summed E-state index contributed by atoms with van der Waals surface area (Å²) in [7, 11) is 6.14. The SMILES string of the molecule is COc1cc(Nc2c([N+](=O)[O-])ncn2C)cc(OC)c1OC. The second kappa shape index (κ2) is 6.20. The van der Waals surface area contributed by atoms with E-state index >= 15 is 0 Å². The third-order valence-electron chi connectivity index (χ3n) is 3.02. The summed E-state index contributed by atoms with van der Waals surface area (Å²) in [6.07, 6.45) is 1.36. The van der Waals surface area contributed by atoms with Crippen molar-refractivity contribution in [3.63, 3.8) is 0 Å². The first-order chi connectivity index (χ1) is 10.5. The fourth-order valence-electron chi connectivity index (χ4n) is 1.99. The average Bonchev–Trinajstić information content (AvgIpc) is 2.87. The quantitative estimate of drug-likeness (QED) is 0.644. The molecule has 0 bridgehead atoms. The van der Waals surface area contributed by atoms with E-state index in [2.05, 4.69) is 10.3 Å². The van der Waals surface area contributed by atoms with Gasteiger partial charge in [-0.05, 0) is 9.91 Å². The van der Waals surface area contributed by atoms with Crippen LogP contribution in [-0.2, 0) is 7.05 Å². The Morgan fingerprint density at radius 2 is 1.77 bits per heavy atom. The summed E-state index contributed by atoms with van der Waals surface area (Å²) < 4.78 is 17.2. The van der Waals surface area contributed by atoms with E-state index in [0.29, 0.717) is 22.9 Å². The molecular weight excluding hydrogens is 292 g/mol. The van der Waals surface area contributed by atoms with Crippen LogP contribution in [0.5, 0.6) is 17.2 Å². The lowest BCUT2D eigenvalue weighted by molar-refractivity contribution is -0.388. The molecule has 9 heteroatoms. The van der Waals surface area contributed by atoms with Crippen molar-refractivity contribution in [2.75, 3.05) is 26.6 Å². The number of aryl methyl sites for hydroxylation is 1. The highest BCUT2D eigenvalue weighted by atomic mass is 16.6. The van der Waals surface area contributed by atoms with Crippen LogP contribution >= 0.6 is 0 Å². The highest BCUT2D eigenvalue weighted by molar-refractivity contribution is 5.69. The molecule has 2 aromatic rings. The lowest BCUT2D eigenvalue weighted by atomic mass is 10.2. The Bertz CT molecular complexity index is 673. The lowest BCUT2D eigenvalue weighted by Gasteiger charge is -2.15. The monoisotopic (exact) mass is 308 g/mol. The van der Waals surface area contributed by atoms with Gasteiger partial charge >= 0.3 is 5.82 Å². The molecule has 0 atom stereocenters. The summed E-state index contributed by atoms with van der Waals surface area (Å²) in [6.45, 7) is 0. The van der Waals surface area contributed by atoms with Crippen molar-refractivity contribution in [2.24, 2.45) is 7.05 Å². The number of ether oxygens (including phenoxy) is 3. The number of hydrogen-bond acceptors (Lipinski definition) is 7. The first-order valence-electron chi connectivity index (χ1n) is 6.24. The maximum atomic E-state index is 11.0. The van der Waals surface area contributed by atoms with Crippen molar-refractivity contribution in [1.29, 1.82) is 0 Å². The first kappa shape index (κ1) is 15.4. The number of imidazole rings is 1. The molecule has 0 saturated heterocycles. The Morgan fingerprint density at radius 1 is 1.18 bits per heavy atom. The molecular formula is C13H16N4O5. The standard InChI is InChI=1S/C13H16N4O5/c1-16-7-14-12(17(18)19)13(16)15-8-5-9(20-2)11(22-4)10(6-8)21-3/h5-7,15H,1-4H3. The van der Waals surface area contributed by atoms with E-state index in [-0.39, 0.29) is 11.6 Å². The zero-order valence-corrected chi connectivity index (χ0v) is 12.6. The van der Waals surface area contributed by atoms with Gasteiger partial charge in [-0.3, -0.25) is 4.57 Å². The van der Waals surface area contributed by atoms with Crippen LogP contribution in [0.25, 0.3) is 0 Å². The molecule has 2 rings (SSSR count). The van der Waals surface area contributed by atoms with E-state index in [0.717, 1.165) is 0 Å². The summed E-state index contributed by atoms with van der Waals surface area (Å²) >= 11 is 0. The predicted molar refractivity (Wildman–Crippen MR) is 79.2 cm³/mol. The molecule has 1 aromatic heterocycles. The van der Waals surface area contributed by atoms with E-state index in [4.69, 9.17) is 14.2 Å². The minimum absolute atomic E-state index is 0.249. The summed E-state index contributed by atoms with van der Waals surface area (Å²) in [5, 5.41) is 13.9. The molecule has 22 heavy (non-hydrogen) atoms. The average molecular weight is 308 g/mol. The third kappa shape index (κ3) is 2.73. The predicted octanol–water partition coefficient (Wildman–Crippen LogP) is 2.10. The Morgan fingerprint density at radius 3 is 2.23 bits per heavy atom. The maximum Gasteiger partial charge on any atom is 0.406 e. The molecule has 1 aromatic carbocycles. The highest BCUT2D eigenvalue weighted by Crippen LogP contribution is 2.41. The van der Waals surface area contributed by atoms with E-state index in [1.54, 1.807) is 19.2 Å². The van der Waals surface area contributed by atoms with Gasteiger partial charge in [0.1, 0.15) is 0 Å². The van der Waals surface area contributed by atoms with Crippen LogP contribution in [0.1, 0.15) is 0 Å². The Hall–Kier alpha value is -2.97. The first-order valence-corrected chi connectivity index (χ1v) is 6.24. The van der Waals surface area contributed by atoms with Crippen molar-refractivity contribution < 1.29 is 19.1 Å². The minimum atomic E-state index is -0.555. The van der Waals surface area contributed by atoms with Crippen LogP contribution in [0.3, 0.4) is 0 Å². The normalized spacial score (nSPS) is 10.2. The summed E-state index contributed by atoms with van der Waals surface area (Å²) in [6, 6.07) is 3.30. The van der Waals surface area contributed by atoms with Gasteiger partial charge in [0.25, 0.3) is 0 Å². The third-order valence-corrected chi connectivity index (χ3v) is 3.02. The van der Waals surface area contributed by atoms with E-state index < -0.39 is 4.92 Å². The van der Waals surface area contributed by atoms with Crippen LogP contribution in [0.4, 0.5) is 17.3 Å². The molecule has 9 nitrogen and oxygen atoms in total. The van der Waals surface area contributed by atoms with E-state index in [1.807, 2.05) is 0 Å².